The van der Waals surface area contributed by atoms with E-state index < -0.39 is 40.0 Å². The lowest BCUT2D eigenvalue weighted by molar-refractivity contribution is -0.156. The first-order chi connectivity index (χ1) is 17.2. The SMILES string of the molecule is CS(=O)(=O)NCCCCC(C(=O)N1CCCC1)N(C(=O)C(N)Cc1ccccc1)C(=O)C1CCCN1. The number of unbranched alkanes of at least 4 members (excludes halogenated alkanes) is 1. The van der Waals surface area contributed by atoms with E-state index in [2.05, 4.69) is 10.0 Å². The van der Waals surface area contributed by atoms with Gasteiger partial charge in [-0.05, 0) is 63.5 Å². The molecule has 2 heterocycles. The number of amides is 3. The van der Waals surface area contributed by atoms with E-state index >= 15 is 0 Å². The molecule has 2 fully saturated rings. The summed E-state index contributed by atoms with van der Waals surface area (Å²) in [7, 11) is -3.32. The molecular formula is C25H39N5O5S. The van der Waals surface area contributed by atoms with Gasteiger partial charge in [-0.1, -0.05) is 30.3 Å². The summed E-state index contributed by atoms with van der Waals surface area (Å²) in [6.07, 6.45) is 5.73. The maximum absolute atomic E-state index is 13.7. The highest BCUT2D eigenvalue weighted by atomic mass is 32.2. The number of hydrogen-bond donors (Lipinski definition) is 3. The van der Waals surface area contributed by atoms with E-state index in [1.165, 1.54) is 0 Å². The van der Waals surface area contributed by atoms with E-state index in [1.807, 2.05) is 30.3 Å². The van der Waals surface area contributed by atoms with Crippen molar-refractivity contribution in [1.82, 2.24) is 19.8 Å². The predicted octanol–water partition coefficient (Wildman–Crippen LogP) is 0.374. The number of hydrogen-bond acceptors (Lipinski definition) is 7. The van der Waals surface area contributed by atoms with E-state index in [-0.39, 0.29) is 25.3 Å². The average molecular weight is 522 g/mol. The van der Waals surface area contributed by atoms with Gasteiger partial charge in [-0.3, -0.25) is 19.3 Å². The zero-order valence-corrected chi connectivity index (χ0v) is 21.8. The molecule has 200 valence electrons. The van der Waals surface area contributed by atoms with Crippen molar-refractivity contribution < 1.29 is 22.8 Å². The Balaban J connectivity index is 1.83. The van der Waals surface area contributed by atoms with Gasteiger partial charge in [-0.25, -0.2) is 13.1 Å². The van der Waals surface area contributed by atoms with Gasteiger partial charge in [-0.15, -0.1) is 0 Å². The summed E-state index contributed by atoms with van der Waals surface area (Å²) in [6, 6.07) is 6.88. The summed E-state index contributed by atoms with van der Waals surface area (Å²) in [5.74, 6) is -1.20. The first-order valence-electron chi connectivity index (χ1n) is 12.8. The van der Waals surface area contributed by atoms with Crippen molar-refractivity contribution in [2.75, 3.05) is 32.4 Å². The molecule has 4 N–H and O–H groups in total. The van der Waals surface area contributed by atoms with Crippen LogP contribution >= 0.6 is 0 Å². The van der Waals surface area contributed by atoms with Crippen LogP contribution in [0, 0.1) is 0 Å². The van der Waals surface area contributed by atoms with Crippen molar-refractivity contribution >= 4 is 27.7 Å². The number of benzene rings is 1. The summed E-state index contributed by atoms with van der Waals surface area (Å²) in [5, 5.41) is 3.15. The lowest BCUT2D eigenvalue weighted by atomic mass is 10.0. The van der Waals surface area contributed by atoms with E-state index in [9.17, 15) is 22.8 Å². The number of nitrogens with zero attached hydrogens (tertiary/aromatic N) is 2. The van der Waals surface area contributed by atoms with E-state index in [0.29, 0.717) is 38.9 Å². The zero-order chi connectivity index (χ0) is 26.1. The standard InChI is InChI=1S/C25H39N5O5S/c1-36(34,35)28-15-6-5-13-22(25(33)29-16-7-8-17-29)30(24(32)21-12-9-14-27-21)23(31)20(26)18-19-10-3-2-4-11-19/h2-4,10-11,20-22,27-28H,5-9,12-18,26H2,1H3. The fourth-order valence-corrected chi connectivity index (χ4v) is 5.36. The summed E-state index contributed by atoms with van der Waals surface area (Å²) in [5.41, 5.74) is 7.21. The third kappa shape index (κ3) is 8.09. The molecule has 11 heteroatoms. The van der Waals surface area contributed by atoms with Crippen LogP contribution < -0.4 is 15.8 Å². The van der Waals surface area contributed by atoms with Crippen LogP contribution in [-0.4, -0.2) is 86.5 Å². The van der Waals surface area contributed by atoms with Crippen molar-refractivity contribution in [2.45, 2.75) is 69.5 Å². The molecule has 3 atom stereocenters. The number of rotatable bonds is 12. The van der Waals surface area contributed by atoms with Crippen molar-refractivity contribution in [3.63, 3.8) is 0 Å². The molecule has 2 aliphatic rings. The lowest BCUT2D eigenvalue weighted by Crippen LogP contribution is -2.60. The maximum Gasteiger partial charge on any atom is 0.247 e. The molecular weight excluding hydrogens is 482 g/mol. The summed E-state index contributed by atoms with van der Waals surface area (Å²) in [4.78, 5) is 43.8. The van der Waals surface area contributed by atoms with Crippen molar-refractivity contribution in [3.8, 4) is 0 Å². The van der Waals surface area contributed by atoms with E-state index in [4.69, 9.17) is 5.73 Å². The van der Waals surface area contributed by atoms with Crippen LogP contribution in [-0.2, 0) is 30.8 Å². The smallest absolute Gasteiger partial charge is 0.247 e. The molecule has 0 radical (unpaired) electrons. The summed E-state index contributed by atoms with van der Waals surface area (Å²) in [6.45, 7) is 2.09. The van der Waals surface area contributed by atoms with Gasteiger partial charge < -0.3 is 16.0 Å². The normalized spacial score (nSPS) is 19.7. The second kappa shape index (κ2) is 13.3. The highest BCUT2D eigenvalue weighted by Crippen LogP contribution is 2.21. The Hall–Kier alpha value is -2.34. The molecule has 1 aromatic carbocycles. The van der Waals surface area contributed by atoms with Crippen molar-refractivity contribution in [3.05, 3.63) is 35.9 Å². The Kier molecular flexibility index (Phi) is 10.4. The molecule has 3 amide bonds. The number of nitrogens with one attached hydrogen (secondary N) is 2. The molecule has 3 rings (SSSR count). The van der Waals surface area contributed by atoms with Crippen LogP contribution in [0.1, 0.15) is 50.5 Å². The monoisotopic (exact) mass is 521 g/mol. The van der Waals surface area contributed by atoms with Gasteiger partial charge in [0.05, 0.1) is 18.3 Å². The Morgan fingerprint density at radius 2 is 1.83 bits per heavy atom. The Labute approximate surface area is 214 Å². The zero-order valence-electron chi connectivity index (χ0n) is 21.0. The van der Waals surface area contributed by atoms with Gasteiger partial charge >= 0.3 is 0 Å². The molecule has 0 bridgehead atoms. The van der Waals surface area contributed by atoms with Gasteiger partial charge in [0, 0.05) is 19.6 Å². The first kappa shape index (κ1) is 28.2. The molecule has 0 spiro atoms. The maximum atomic E-state index is 13.7. The minimum atomic E-state index is -3.32. The quantitative estimate of drug-likeness (QED) is 0.338. The minimum absolute atomic E-state index is 0.225. The summed E-state index contributed by atoms with van der Waals surface area (Å²) >= 11 is 0. The number of nitrogens with two attached hydrogens (primary N) is 1. The highest BCUT2D eigenvalue weighted by molar-refractivity contribution is 7.88. The minimum Gasteiger partial charge on any atom is -0.341 e. The van der Waals surface area contributed by atoms with Crippen molar-refractivity contribution in [1.29, 1.82) is 0 Å². The lowest BCUT2D eigenvalue weighted by Gasteiger charge is -2.35. The number of carbonyl (C=O) groups is 3. The Bertz CT molecular complexity index is 991. The van der Waals surface area contributed by atoms with E-state index in [1.54, 1.807) is 4.90 Å². The molecule has 36 heavy (non-hydrogen) atoms. The highest BCUT2D eigenvalue weighted by Gasteiger charge is 2.42. The molecule has 3 unspecified atom stereocenters. The fraction of sp³-hybridized carbons (Fsp3) is 0.640. The van der Waals surface area contributed by atoms with Gasteiger partial charge in [0.15, 0.2) is 0 Å². The fourth-order valence-electron chi connectivity index (χ4n) is 4.84. The number of carbonyl (C=O) groups excluding carboxylic acids is 3. The van der Waals surface area contributed by atoms with Gasteiger partial charge in [-0.2, -0.15) is 0 Å². The molecule has 0 saturated carbocycles. The number of likely N-dealkylation sites (tertiary alicyclic amines) is 1. The Morgan fingerprint density at radius 1 is 1.14 bits per heavy atom. The Morgan fingerprint density at radius 3 is 2.44 bits per heavy atom. The predicted molar refractivity (Wildman–Crippen MR) is 137 cm³/mol. The third-order valence-electron chi connectivity index (χ3n) is 6.73. The van der Waals surface area contributed by atoms with Gasteiger partial charge in [0.1, 0.15) is 6.04 Å². The van der Waals surface area contributed by atoms with Crippen molar-refractivity contribution in [2.24, 2.45) is 5.73 Å². The molecule has 1 aromatic rings. The average Bonchev–Trinajstić information content (AvgIpc) is 3.57. The summed E-state index contributed by atoms with van der Waals surface area (Å²) < 4.78 is 25.2. The topological polar surface area (TPSA) is 142 Å². The number of imide groups is 1. The van der Waals surface area contributed by atoms with Crippen LogP contribution in [0.4, 0.5) is 0 Å². The second-order valence-electron chi connectivity index (χ2n) is 9.70. The third-order valence-corrected chi connectivity index (χ3v) is 7.46. The van der Waals surface area contributed by atoms with Crippen LogP contribution in [0.15, 0.2) is 30.3 Å². The second-order valence-corrected chi connectivity index (χ2v) is 11.5. The molecule has 0 aliphatic carbocycles. The van der Waals surface area contributed by atoms with Crippen LogP contribution in [0.3, 0.4) is 0 Å². The van der Waals surface area contributed by atoms with Gasteiger partial charge in [0.2, 0.25) is 27.7 Å². The molecule has 2 saturated heterocycles. The number of sulfonamides is 1. The first-order valence-corrected chi connectivity index (χ1v) is 14.7. The van der Waals surface area contributed by atoms with Crippen LogP contribution in [0.5, 0.6) is 0 Å². The van der Waals surface area contributed by atoms with Crippen LogP contribution in [0.2, 0.25) is 0 Å². The van der Waals surface area contributed by atoms with Crippen LogP contribution in [0.25, 0.3) is 0 Å². The van der Waals surface area contributed by atoms with Gasteiger partial charge in [0.25, 0.3) is 0 Å². The van der Waals surface area contributed by atoms with E-state index in [0.717, 1.165) is 36.0 Å². The molecule has 2 aliphatic heterocycles. The molecule has 10 nitrogen and oxygen atoms in total. The largest absolute Gasteiger partial charge is 0.341 e. The molecule has 0 aromatic heterocycles.